The molecule has 9 heteroatoms. The zero-order valence-electron chi connectivity index (χ0n) is 16.4. The van der Waals surface area contributed by atoms with Crippen molar-refractivity contribution in [2.75, 3.05) is 26.3 Å². The zero-order valence-corrected chi connectivity index (χ0v) is 17.2. The summed E-state index contributed by atoms with van der Waals surface area (Å²) in [6.07, 6.45) is 0.990. The van der Waals surface area contributed by atoms with Crippen molar-refractivity contribution in [3.63, 3.8) is 0 Å². The third kappa shape index (κ3) is 5.57. The van der Waals surface area contributed by atoms with Crippen molar-refractivity contribution in [3.8, 4) is 11.8 Å². The van der Waals surface area contributed by atoms with E-state index in [9.17, 15) is 8.42 Å². The van der Waals surface area contributed by atoms with Gasteiger partial charge in [-0.15, -0.1) is 0 Å². The van der Waals surface area contributed by atoms with Gasteiger partial charge < -0.3 is 14.7 Å². The molecule has 0 unspecified atom stereocenters. The largest absolute Gasteiger partial charge is 0.491 e. The summed E-state index contributed by atoms with van der Waals surface area (Å²) < 4.78 is 32.3. The molecular weight excluding hydrogens is 406 g/mol. The van der Waals surface area contributed by atoms with Gasteiger partial charge in [-0.3, -0.25) is 0 Å². The Morgan fingerprint density at radius 3 is 2.53 bits per heavy atom. The highest BCUT2D eigenvalue weighted by molar-refractivity contribution is 7.89. The summed E-state index contributed by atoms with van der Waals surface area (Å²) in [6.45, 7) is 0.972. The van der Waals surface area contributed by atoms with Crippen molar-refractivity contribution in [2.45, 2.75) is 24.3 Å². The number of ether oxygens (including phenoxy) is 1. The number of aliphatic hydroxyl groups excluding tert-OH is 1. The Bertz CT molecular complexity index is 1020. The van der Waals surface area contributed by atoms with Crippen LogP contribution in [0.5, 0.6) is 5.75 Å². The molecule has 3 rings (SSSR count). The first-order chi connectivity index (χ1) is 14.5. The van der Waals surface area contributed by atoms with Crippen LogP contribution in [0.3, 0.4) is 0 Å². The second-order valence-electron chi connectivity index (χ2n) is 6.69. The molecule has 30 heavy (non-hydrogen) atoms. The third-order valence-corrected chi connectivity index (χ3v) is 6.51. The van der Waals surface area contributed by atoms with Crippen LogP contribution in [0.15, 0.2) is 58.6 Å². The molecule has 0 amide bonds. The molecular formula is C21H23N3O5S. The molecule has 2 aromatic rings. The maximum absolute atomic E-state index is 12.8. The number of oxime groups is 1. The summed E-state index contributed by atoms with van der Waals surface area (Å²) >= 11 is 0. The number of benzene rings is 2. The molecule has 1 N–H and O–H groups in total. The lowest BCUT2D eigenvalue weighted by Crippen LogP contribution is -2.38. The van der Waals surface area contributed by atoms with Crippen LogP contribution in [0.25, 0.3) is 0 Å². The fourth-order valence-corrected chi connectivity index (χ4v) is 4.47. The highest BCUT2D eigenvalue weighted by atomic mass is 32.2. The van der Waals surface area contributed by atoms with E-state index in [1.165, 1.54) is 16.4 Å². The summed E-state index contributed by atoms with van der Waals surface area (Å²) in [6, 6.07) is 15.4. The Hall–Kier alpha value is -2.93. The number of piperidine rings is 1. The van der Waals surface area contributed by atoms with Gasteiger partial charge in [0.1, 0.15) is 19.0 Å². The number of rotatable bonds is 8. The van der Waals surface area contributed by atoms with E-state index in [1.807, 2.05) is 6.07 Å². The van der Waals surface area contributed by atoms with Gasteiger partial charge in [-0.25, -0.2) is 8.42 Å². The van der Waals surface area contributed by atoms with Crippen LogP contribution in [-0.2, 0) is 21.5 Å². The van der Waals surface area contributed by atoms with Gasteiger partial charge in [0.2, 0.25) is 10.0 Å². The van der Waals surface area contributed by atoms with Gasteiger partial charge in [-0.2, -0.15) is 9.57 Å². The average Bonchev–Trinajstić information content (AvgIpc) is 2.78. The predicted molar refractivity (Wildman–Crippen MR) is 110 cm³/mol. The van der Waals surface area contributed by atoms with E-state index in [1.54, 1.807) is 30.3 Å². The Morgan fingerprint density at radius 2 is 1.87 bits per heavy atom. The van der Waals surface area contributed by atoms with Crippen molar-refractivity contribution in [2.24, 2.45) is 5.16 Å². The van der Waals surface area contributed by atoms with Crippen molar-refractivity contribution < 1.29 is 23.1 Å². The monoisotopic (exact) mass is 429 g/mol. The van der Waals surface area contributed by atoms with Crippen LogP contribution in [0.1, 0.15) is 24.0 Å². The molecule has 158 valence electrons. The molecule has 0 spiro atoms. The van der Waals surface area contributed by atoms with E-state index in [2.05, 4.69) is 11.2 Å². The van der Waals surface area contributed by atoms with Crippen LogP contribution >= 0.6 is 0 Å². The lowest BCUT2D eigenvalue weighted by atomic mass is 10.1. The van der Waals surface area contributed by atoms with Crippen molar-refractivity contribution in [1.29, 1.82) is 5.26 Å². The normalized spacial score (nSPS) is 14.7. The van der Waals surface area contributed by atoms with Crippen LogP contribution in [0, 0.1) is 11.3 Å². The van der Waals surface area contributed by atoms with Gasteiger partial charge in [0, 0.05) is 25.9 Å². The Kier molecular flexibility index (Phi) is 7.41. The maximum atomic E-state index is 12.8. The molecule has 0 aliphatic carbocycles. The molecule has 2 aromatic carbocycles. The lowest BCUT2D eigenvalue weighted by Gasteiger charge is -2.26. The standard InChI is InChI=1S/C21H23N3O5S/c22-15-17-2-1-3-18(14-17)16-29-23-19-8-10-24(11-9-19)30(26,27)21-6-4-20(5-7-21)28-13-12-25/h1-7,14,25H,8-13,16H2. The SMILES string of the molecule is N#Cc1cccc(CON=C2CCN(S(=O)(=O)c3ccc(OCCO)cc3)CC2)c1. The topological polar surface area (TPSA) is 112 Å². The highest BCUT2D eigenvalue weighted by Crippen LogP contribution is 2.22. The van der Waals surface area contributed by atoms with Crippen LogP contribution in [0.2, 0.25) is 0 Å². The van der Waals surface area contributed by atoms with Gasteiger partial charge >= 0.3 is 0 Å². The fourth-order valence-electron chi connectivity index (χ4n) is 3.03. The van der Waals surface area contributed by atoms with Gasteiger partial charge in [-0.1, -0.05) is 17.3 Å². The molecule has 0 radical (unpaired) electrons. The Balaban J connectivity index is 1.53. The molecule has 1 heterocycles. The van der Waals surface area contributed by atoms with Crippen molar-refractivity contribution >= 4 is 15.7 Å². The van der Waals surface area contributed by atoms with E-state index >= 15 is 0 Å². The second-order valence-corrected chi connectivity index (χ2v) is 8.63. The van der Waals surface area contributed by atoms with Gasteiger partial charge in [0.25, 0.3) is 0 Å². The van der Waals surface area contributed by atoms with Gasteiger partial charge in [0.15, 0.2) is 0 Å². The minimum atomic E-state index is -3.59. The number of nitrogens with zero attached hydrogens (tertiary/aromatic N) is 3. The van der Waals surface area contributed by atoms with Crippen molar-refractivity contribution in [1.82, 2.24) is 4.31 Å². The average molecular weight is 429 g/mol. The van der Waals surface area contributed by atoms with E-state index in [4.69, 9.17) is 19.9 Å². The zero-order chi connectivity index (χ0) is 21.4. The second kappa shape index (κ2) is 10.2. The van der Waals surface area contributed by atoms with Crippen LogP contribution < -0.4 is 4.74 Å². The van der Waals surface area contributed by atoms with E-state index in [0.717, 1.165) is 11.3 Å². The van der Waals surface area contributed by atoms with Crippen LogP contribution in [-0.4, -0.2) is 49.8 Å². The summed E-state index contributed by atoms with van der Waals surface area (Å²) in [4.78, 5) is 5.59. The van der Waals surface area contributed by atoms with Gasteiger partial charge in [0.05, 0.1) is 28.8 Å². The molecule has 1 fully saturated rings. The first-order valence-corrected chi connectivity index (χ1v) is 11.0. The highest BCUT2D eigenvalue weighted by Gasteiger charge is 2.28. The fraction of sp³-hybridized carbons (Fsp3) is 0.333. The number of hydrogen-bond donors (Lipinski definition) is 1. The maximum Gasteiger partial charge on any atom is 0.243 e. The van der Waals surface area contributed by atoms with E-state index in [-0.39, 0.29) is 24.7 Å². The quantitative estimate of drug-likeness (QED) is 0.645. The molecule has 0 aromatic heterocycles. The summed E-state index contributed by atoms with van der Waals surface area (Å²) in [5, 5.41) is 21.8. The summed E-state index contributed by atoms with van der Waals surface area (Å²) in [7, 11) is -3.59. The third-order valence-electron chi connectivity index (χ3n) is 4.60. The minimum absolute atomic E-state index is 0.103. The Labute approximate surface area is 176 Å². The summed E-state index contributed by atoms with van der Waals surface area (Å²) in [5.74, 6) is 0.508. The summed E-state index contributed by atoms with van der Waals surface area (Å²) in [5.41, 5.74) is 2.23. The number of sulfonamides is 1. The first kappa shape index (κ1) is 21.8. The molecule has 1 saturated heterocycles. The van der Waals surface area contributed by atoms with E-state index in [0.29, 0.717) is 37.2 Å². The number of hydrogen-bond acceptors (Lipinski definition) is 7. The van der Waals surface area contributed by atoms with E-state index < -0.39 is 10.0 Å². The lowest BCUT2D eigenvalue weighted by molar-refractivity contribution is 0.128. The number of aliphatic hydroxyl groups is 1. The predicted octanol–water partition coefficient (Wildman–Crippen LogP) is 2.29. The van der Waals surface area contributed by atoms with Gasteiger partial charge in [-0.05, 0) is 42.0 Å². The molecule has 0 saturated carbocycles. The molecule has 1 aliphatic heterocycles. The van der Waals surface area contributed by atoms with Crippen LogP contribution in [0.4, 0.5) is 0 Å². The first-order valence-electron chi connectivity index (χ1n) is 9.53. The number of nitriles is 1. The molecule has 8 nitrogen and oxygen atoms in total. The Morgan fingerprint density at radius 1 is 1.13 bits per heavy atom. The molecule has 0 bridgehead atoms. The van der Waals surface area contributed by atoms with Crippen molar-refractivity contribution in [3.05, 3.63) is 59.7 Å². The molecule has 1 aliphatic rings. The smallest absolute Gasteiger partial charge is 0.243 e. The minimum Gasteiger partial charge on any atom is -0.491 e. The molecule has 0 atom stereocenters.